The number of nitrogens with one attached hydrogen (secondary N) is 2. The molecule has 0 bridgehead atoms. The number of rotatable bonds is 5. The highest BCUT2D eigenvalue weighted by Gasteiger charge is 2.28. The molecule has 192 valence electrons. The summed E-state index contributed by atoms with van der Waals surface area (Å²) in [6.45, 7) is 10.1. The van der Waals surface area contributed by atoms with Crippen LogP contribution in [0.3, 0.4) is 0 Å². The summed E-state index contributed by atoms with van der Waals surface area (Å²) < 4.78 is 17.1. The Labute approximate surface area is 207 Å². The number of ether oxygens (including phenoxy) is 2. The van der Waals surface area contributed by atoms with Gasteiger partial charge in [-0.25, -0.2) is 9.78 Å². The second kappa shape index (κ2) is 12.0. The summed E-state index contributed by atoms with van der Waals surface area (Å²) in [7, 11) is 3.43. The van der Waals surface area contributed by atoms with Gasteiger partial charge in [0.05, 0.1) is 17.4 Å². The molecule has 35 heavy (non-hydrogen) atoms. The lowest BCUT2D eigenvalue weighted by molar-refractivity contribution is 0.00900. The minimum atomic E-state index is -0.319. The summed E-state index contributed by atoms with van der Waals surface area (Å²) in [5.41, 5.74) is 1.81. The lowest BCUT2D eigenvalue weighted by Crippen LogP contribution is -2.46. The monoisotopic (exact) mass is 487 g/mol. The zero-order valence-corrected chi connectivity index (χ0v) is 21.4. The van der Waals surface area contributed by atoms with Crippen LogP contribution in [0.5, 0.6) is 5.75 Å². The Hall–Kier alpha value is -3.11. The first-order valence-electron chi connectivity index (χ1n) is 11.9. The number of hydrogen-bond acceptors (Lipinski definition) is 7. The number of anilines is 1. The van der Waals surface area contributed by atoms with Crippen LogP contribution in [0.1, 0.15) is 43.7 Å². The summed E-state index contributed by atoms with van der Waals surface area (Å²) in [5, 5.41) is 5.60. The van der Waals surface area contributed by atoms with Crippen LogP contribution in [0, 0.1) is 5.92 Å². The van der Waals surface area contributed by atoms with E-state index in [2.05, 4.69) is 34.4 Å². The number of fused-ring (bicyclic) bond motifs is 1. The normalized spacial score (nSPS) is 22.1. The number of nitrogens with zero attached hydrogens (tertiary/aromatic N) is 3. The summed E-state index contributed by atoms with van der Waals surface area (Å²) in [5.74, 6) is 0.398. The topological polar surface area (TPSA) is 109 Å². The summed E-state index contributed by atoms with van der Waals surface area (Å²) in [6, 6.07) is 4.77. The molecule has 3 atom stereocenters. The van der Waals surface area contributed by atoms with Gasteiger partial charge in [0.1, 0.15) is 18.6 Å². The maximum atomic E-state index is 13.3. The van der Waals surface area contributed by atoms with Crippen LogP contribution in [-0.4, -0.2) is 78.8 Å². The number of urea groups is 1. The van der Waals surface area contributed by atoms with Crippen LogP contribution in [0.15, 0.2) is 35.3 Å². The number of benzene rings is 1. The van der Waals surface area contributed by atoms with E-state index in [-0.39, 0.29) is 36.0 Å². The van der Waals surface area contributed by atoms with E-state index in [1.807, 2.05) is 13.8 Å². The molecule has 1 aliphatic heterocycles. The Morgan fingerprint density at radius 2 is 2.06 bits per heavy atom. The van der Waals surface area contributed by atoms with Gasteiger partial charge in [-0.2, -0.15) is 0 Å². The molecule has 0 unspecified atom stereocenters. The molecule has 1 aromatic carbocycles. The van der Waals surface area contributed by atoms with E-state index < -0.39 is 0 Å². The van der Waals surface area contributed by atoms with Gasteiger partial charge in [0.2, 0.25) is 0 Å². The molecule has 1 aliphatic rings. The van der Waals surface area contributed by atoms with Crippen LogP contribution in [0.25, 0.3) is 0 Å². The number of carbonyl (C=O) groups is 2. The van der Waals surface area contributed by atoms with Crippen LogP contribution < -0.4 is 15.4 Å². The summed E-state index contributed by atoms with van der Waals surface area (Å²) >= 11 is 0. The van der Waals surface area contributed by atoms with E-state index in [0.717, 1.165) is 12.2 Å². The van der Waals surface area contributed by atoms with Crippen LogP contribution in [0.4, 0.5) is 10.5 Å². The summed E-state index contributed by atoms with van der Waals surface area (Å²) in [4.78, 5) is 33.7. The minimum absolute atomic E-state index is 0.00145. The molecule has 2 N–H and O–H groups in total. The number of carbonyl (C=O) groups excluding carboxylic acids is 2. The molecule has 0 saturated carbocycles. The number of methoxy groups -OCH3 is 1. The zero-order chi connectivity index (χ0) is 25.5. The number of amides is 3. The molecular formula is C25H37N5O5. The van der Waals surface area contributed by atoms with Crippen LogP contribution in [0.2, 0.25) is 0 Å². The van der Waals surface area contributed by atoms with Gasteiger partial charge in [-0.3, -0.25) is 9.69 Å². The van der Waals surface area contributed by atoms with E-state index in [9.17, 15) is 9.59 Å². The van der Waals surface area contributed by atoms with E-state index in [1.165, 1.54) is 6.39 Å². The van der Waals surface area contributed by atoms with Crippen LogP contribution in [-0.2, 0) is 11.3 Å². The quantitative estimate of drug-likeness (QED) is 0.667. The Balaban J connectivity index is 1.91. The second-order valence-electron chi connectivity index (χ2n) is 9.47. The van der Waals surface area contributed by atoms with Crippen molar-refractivity contribution in [1.29, 1.82) is 0 Å². The fourth-order valence-corrected chi connectivity index (χ4v) is 4.10. The largest absolute Gasteiger partial charge is 0.491 e. The van der Waals surface area contributed by atoms with Gasteiger partial charge >= 0.3 is 6.03 Å². The Kier molecular flexibility index (Phi) is 9.11. The number of likely N-dealkylation sites (N-methyl/N-ethyl adjacent to an activating group) is 1. The van der Waals surface area contributed by atoms with Crippen molar-refractivity contribution in [1.82, 2.24) is 20.1 Å². The van der Waals surface area contributed by atoms with Crippen molar-refractivity contribution >= 4 is 17.6 Å². The molecule has 1 aromatic heterocycles. The molecule has 0 radical (unpaired) electrons. The van der Waals surface area contributed by atoms with Crippen molar-refractivity contribution in [2.75, 3.05) is 39.2 Å². The van der Waals surface area contributed by atoms with Crippen molar-refractivity contribution in [3.8, 4) is 5.75 Å². The molecule has 10 heteroatoms. The molecular weight excluding hydrogens is 450 g/mol. The van der Waals surface area contributed by atoms with Gasteiger partial charge in [0, 0.05) is 57.6 Å². The lowest BCUT2D eigenvalue weighted by atomic mass is 10.0. The van der Waals surface area contributed by atoms with Crippen molar-refractivity contribution in [2.45, 2.75) is 52.4 Å². The van der Waals surface area contributed by atoms with E-state index in [4.69, 9.17) is 13.9 Å². The van der Waals surface area contributed by atoms with Gasteiger partial charge in [-0.05, 0) is 38.8 Å². The first kappa shape index (κ1) is 26.5. The van der Waals surface area contributed by atoms with Gasteiger partial charge in [0.25, 0.3) is 5.91 Å². The molecule has 3 amide bonds. The minimum Gasteiger partial charge on any atom is -0.491 e. The first-order chi connectivity index (χ1) is 16.7. The van der Waals surface area contributed by atoms with Crippen molar-refractivity contribution in [2.24, 2.45) is 5.92 Å². The standard InChI is InChI=1S/C25H37N5O5/c1-16(2)27-25(32)28-19-7-8-21-22(9-19)35-13-18(4)30(11-20-14-34-15-26-20)10-17(3)23(33-6)12-29(5)24(21)31/h7-9,14-18,23H,10-13H2,1-6H3,(H2,27,28,32)/t17-,18-,23+/m1/s1. The Morgan fingerprint density at radius 3 is 2.71 bits per heavy atom. The predicted molar refractivity (Wildman–Crippen MR) is 133 cm³/mol. The highest BCUT2D eigenvalue weighted by molar-refractivity contribution is 5.98. The first-order valence-corrected chi connectivity index (χ1v) is 11.9. The van der Waals surface area contributed by atoms with Crippen molar-refractivity contribution < 1.29 is 23.5 Å². The molecule has 2 aromatic rings. The van der Waals surface area contributed by atoms with Crippen molar-refractivity contribution in [3.05, 3.63) is 42.1 Å². The SMILES string of the molecule is CO[C@H]1CN(C)C(=O)c2ccc(NC(=O)NC(C)C)cc2OC[C@@H](C)N(Cc2cocn2)C[C@H]1C. The van der Waals surface area contributed by atoms with E-state index in [1.54, 1.807) is 43.5 Å². The van der Waals surface area contributed by atoms with Gasteiger partial charge in [0.15, 0.2) is 6.39 Å². The van der Waals surface area contributed by atoms with Gasteiger partial charge < -0.3 is 29.4 Å². The van der Waals surface area contributed by atoms with Gasteiger partial charge in [-0.1, -0.05) is 6.92 Å². The molecule has 0 saturated heterocycles. The lowest BCUT2D eigenvalue weighted by Gasteiger charge is -2.35. The fourth-order valence-electron chi connectivity index (χ4n) is 4.10. The molecule has 0 spiro atoms. The predicted octanol–water partition coefficient (Wildman–Crippen LogP) is 3.21. The van der Waals surface area contributed by atoms with E-state index >= 15 is 0 Å². The summed E-state index contributed by atoms with van der Waals surface area (Å²) in [6.07, 6.45) is 2.92. The third kappa shape index (κ3) is 7.19. The highest BCUT2D eigenvalue weighted by atomic mass is 16.5. The Morgan fingerprint density at radius 1 is 1.29 bits per heavy atom. The third-order valence-corrected chi connectivity index (χ3v) is 6.10. The molecule has 2 heterocycles. The zero-order valence-electron chi connectivity index (χ0n) is 21.4. The average Bonchev–Trinajstić information content (AvgIpc) is 3.32. The number of aromatic nitrogens is 1. The maximum Gasteiger partial charge on any atom is 0.319 e. The number of oxazole rings is 1. The maximum absolute atomic E-state index is 13.3. The average molecular weight is 488 g/mol. The fraction of sp³-hybridized carbons (Fsp3) is 0.560. The molecule has 0 aliphatic carbocycles. The smallest absolute Gasteiger partial charge is 0.319 e. The van der Waals surface area contributed by atoms with Crippen molar-refractivity contribution in [3.63, 3.8) is 0 Å². The Bertz CT molecular complexity index is 981. The third-order valence-electron chi connectivity index (χ3n) is 6.10. The second-order valence-corrected chi connectivity index (χ2v) is 9.47. The molecule has 0 fully saturated rings. The molecule has 3 rings (SSSR count). The van der Waals surface area contributed by atoms with E-state index in [0.29, 0.717) is 36.7 Å². The number of hydrogen-bond donors (Lipinski definition) is 2. The molecule has 10 nitrogen and oxygen atoms in total. The van der Waals surface area contributed by atoms with Gasteiger partial charge in [-0.15, -0.1) is 0 Å². The highest BCUT2D eigenvalue weighted by Crippen LogP contribution is 2.27. The van der Waals surface area contributed by atoms with Crippen LogP contribution >= 0.6 is 0 Å².